The van der Waals surface area contributed by atoms with Gasteiger partial charge in [0.25, 0.3) is 0 Å². The minimum Gasteiger partial charge on any atom is -0.383 e. The summed E-state index contributed by atoms with van der Waals surface area (Å²) in [7, 11) is 1.76. The van der Waals surface area contributed by atoms with E-state index in [1.54, 1.807) is 7.11 Å². The summed E-state index contributed by atoms with van der Waals surface area (Å²) < 4.78 is 7.60. The molecule has 0 spiro atoms. The summed E-state index contributed by atoms with van der Waals surface area (Å²) in [4.78, 5) is 9.69. The van der Waals surface area contributed by atoms with Crippen LogP contribution in [-0.2, 0) is 17.8 Å². The first-order valence-corrected chi connectivity index (χ1v) is 8.80. The first-order chi connectivity index (χ1) is 12.3. The lowest BCUT2D eigenvalue weighted by Gasteiger charge is -2.37. The minimum atomic E-state index is 0.745. The van der Waals surface area contributed by atoms with Gasteiger partial charge in [-0.25, -0.2) is 4.98 Å². The van der Waals surface area contributed by atoms with E-state index in [2.05, 4.69) is 69.0 Å². The second kappa shape index (κ2) is 7.25. The molecular formula is C20H24N4O. The second-order valence-electron chi connectivity index (χ2n) is 6.50. The van der Waals surface area contributed by atoms with Crippen molar-refractivity contribution in [1.29, 1.82) is 0 Å². The first kappa shape index (κ1) is 16.1. The molecule has 0 saturated carbocycles. The lowest BCUT2D eigenvalue weighted by molar-refractivity contribution is 0.122. The van der Waals surface area contributed by atoms with Gasteiger partial charge in [0, 0.05) is 20.2 Å². The molecule has 0 fully saturated rings. The Kier molecular flexibility index (Phi) is 4.68. The van der Waals surface area contributed by atoms with Crippen molar-refractivity contribution >= 4 is 17.0 Å². The maximum Gasteiger partial charge on any atom is 0.208 e. The number of benzene rings is 2. The van der Waals surface area contributed by atoms with Gasteiger partial charge in [-0.3, -0.25) is 9.47 Å². The second-order valence-corrected chi connectivity index (χ2v) is 6.50. The zero-order valence-corrected chi connectivity index (χ0v) is 14.6. The summed E-state index contributed by atoms with van der Waals surface area (Å²) in [6, 6.07) is 19.0. The number of rotatable bonds is 6. The summed E-state index contributed by atoms with van der Waals surface area (Å²) >= 11 is 0. The molecule has 0 N–H and O–H groups in total. The molecule has 1 aliphatic heterocycles. The summed E-state index contributed by atoms with van der Waals surface area (Å²) in [5, 5.41) is 0. The van der Waals surface area contributed by atoms with Gasteiger partial charge in [-0.15, -0.1) is 0 Å². The summed E-state index contributed by atoms with van der Waals surface area (Å²) in [5.74, 6) is 1.07. The van der Waals surface area contributed by atoms with E-state index in [1.165, 1.54) is 11.1 Å². The van der Waals surface area contributed by atoms with E-state index in [9.17, 15) is 0 Å². The standard InChI is InChI=1S/C20H24N4O/c1-25-14-13-22-15-23(12-11-17-7-3-2-4-8-17)20-21-18-9-5-6-10-19(18)24(20)16-22/h2-10H,11-16H2,1H3. The van der Waals surface area contributed by atoms with Crippen molar-refractivity contribution in [2.24, 2.45) is 0 Å². The maximum absolute atomic E-state index is 5.28. The van der Waals surface area contributed by atoms with Gasteiger partial charge in [0.2, 0.25) is 5.95 Å². The number of methoxy groups -OCH3 is 1. The number of imidazole rings is 1. The largest absolute Gasteiger partial charge is 0.383 e. The first-order valence-electron chi connectivity index (χ1n) is 8.80. The molecule has 25 heavy (non-hydrogen) atoms. The van der Waals surface area contributed by atoms with Gasteiger partial charge in [-0.05, 0) is 24.1 Å². The van der Waals surface area contributed by atoms with Crippen LogP contribution in [0.5, 0.6) is 0 Å². The van der Waals surface area contributed by atoms with Crippen LogP contribution in [0.1, 0.15) is 5.56 Å². The monoisotopic (exact) mass is 336 g/mol. The molecule has 0 bridgehead atoms. The molecule has 1 aliphatic rings. The summed E-state index contributed by atoms with van der Waals surface area (Å²) in [5.41, 5.74) is 3.62. The predicted molar refractivity (Wildman–Crippen MR) is 101 cm³/mol. The van der Waals surface area contributed by atoms with Gasteiger partial charge in [-0.1, -0.05) is 42.5 Å². The Balaban J connectivity index is 1.61. The zero-order chi connectivity index (χ0) is 17.1. The van der Waals surface area contributed by atoms with Gasteiger partial charge < -0.3 is 9.64 Å². The fourth-order valence-electron chi connectivity index (χ4n) is 3.43. The molecule has 5 nitrogen and oxygen atoms in total. The number of anilines is 1. The van der Waals surface area contributed by atoms with Crippen LogP contribution in [0.25, 0.3) is 11.0 Å². The lowest BCUT2D eigenvalue weighted by Crippen LogP contribution is -2.46. The topological polar surface area (TPSA) is 33.5 Å². The average Bonchev–Trinajstić information content (AvgIpc) is 3.04. The Bertz CT molecular complexity index is 830. The molecule has 4 rings (SSSR count). The highest BCUT2D eigenvalue weighted by Crippen LogP contribution is 2.26. The lowest BCUT2D eigenvalue weighted by atomic mass is 10.1. The Hall–Kier alpha value is -2.37. The molecular weight excluding hydrogens is 312 g/mol. The number of hydrogen-bond acceptors (Lipinski definition) is 4. The number of hydrogen-bond donors (Lipinski definition) is 0. The summed E-state index contributed by atoms with van der Waals surface area (Å²) in [6.45, 7) is 4.37. The van der Waals surface area contributed by atoms with Gasteiger partial charge in [-0.2, -0.15) is 0 Å². The van der Waals surface area contributed by atoms with E-state index in [-0.39, 0.29) is 0 Å². The quantitative estimate of drug-likeness (QED) is 0.693. The average molecular weight is 336 g/mol. The SMILES string of the molecule is COCCN1CN(CCc2ccccc2)c2nc3ccccc3n2C1. The number of fused-ring (bicyclic) bond motifs is 3. The van der Waals surface area contributed by atoms with Gasteiger partial charge in [0.15, 0.2) is 0 Å². The van der Waals surface area contributed by atoms with E-state index < -0.39 is 0 Å². The summed E-state index contributed by atoms with van der Waals surface area (Å²) in [6.07, 6.45) is 1.02. The van der Waals surface area contributed by atoms with Crippen LogP contribution in [-0.4, -0.2) is 47.9 Å². The van der Waals surface area contributed by atoms with Crippen LogP contribution < -0.4 is 4.90 Å². The van der Waals surface area contributed by atoms with Gasteiger partial charge >= 0.3 is 0 Å². The van der Waals surface area contributed by atoms with Crippen molar-refractivity contribution < 1.29 is 4.74 Å². The Labute approximate surface area is 148 Å². The van der Waals surface area contributed by atoms with E-state index in [0.29, 0.717) is 0 Å². The Morgan fingerprint density at radius 3 is 2.60 bits per heavy atom. The van der Waals surface area contributed by atoms with Crippen LogP contribution in [0.3, 0.4) is 0 Å². The molecule has 0 aliphatic carbocycles. The van der Waals surface area contributed by atoms with Gasteiger partial charge in [0.1, 0.15) is 0 Å². The number of ether oxygens (including phenoxy) is 1. The zero-order valence-electron chi connectivity index (χ0n) is 14.6. The molecule has 2 aromatic carbocycles. The van der Waals surface area contributed by atoms with Crippen LogP contribution in [0.2, 0.25) is 0 Å². The molecule has 2 heterocycles. The van der Waals surface area contributed by atoms with E-state index >= 15 is 0 Å². The predicted octanol–water partition coefficient (Wildman–Crippen LogP) is 2.96. The molecule has 0 amide bonds. The molecule has 0 atom stereocenters. The van der Waals surface area contributed by atoms with E-state index in [0.717, 1.165) is 50.9 Å². The van der Waals surface area contributed by atoms with Crippen molar-refractivity contribution in [2.45, 2.75) is 13.1 Å². The number of para-hydroxylation sites is 2. The minimum absolute atomic E-state index is 0.745. The molecule has 0 saturated heterocycles. The van der Waals surface area contributed by atoms with Crippen molar-refractivity contribution in [2.75, 3.05) is 38.4 Å². The molecule has 5 heteroatoms. The van der Waals surface area contributed by atoms with Crippen molar-refractivity contribution in [1.82, 2.24) is 14.5 Å². The van der Waals surface area contributed by atoms with Crippen LogP contribution in [0.4, 0.5) is 5.95 Å². The molecule has 0 unspecified atom stereocenters. The Morgan fingerprint density at radius 1 is 0.960 bits per heavy atom. The smallest absolute Gasteiger partial charge is 0.208 e. The van der Waals surface area contributed by atoms with Crippen LogP contribution >= 0.6 is 0 Å². The third-order valence-electron chi connectivity index (χ3n) is 4.75. The van der Waals surface area contributed by atoms with Crippen molar-refractivity contribution in [3.8, 4) is 0 Å². The van der Waals surface area contributed by atoms with Crippen LogP contribution in [0, 0.1) is 0 Å². The molecule has 1 aromatic heterocycles. The highest BCUT2D eigenvalue weighted by molar-refractivity contribution is 5.79. The molecule has 3 aromatic rings. The van der Waals surface area contributed by atoms with Crippen molar-refractivity contribution in [3.05, 3.63) is 60.2 Å². The van der Waals surface area contributed by atoms with E-state index in [1.807, 2.05) is 0 Å². The maximum atomic E-state index is 5.28. The van der Waals surface area contributed by atoms with Crippen LogP contribution in [0.15, 0.2) is 54.6 Å². The third kappa shape index (κ3) is 3.38. The normalized spacial score (nSPS) is 14.8. The number of aromatic nitrogens is 2. The third-order valence-corrected chi connectivity index (χ3v) is 4.75. The van der Waals surface area contributed by atoms with E-state index in [4.69, 9.17) is 9.72 Å². The molecule has 130 valence electrons. The Morgan fingerprint density at radius 2 is 1.76 bits per heavy atom. The molecule has 0 radical (unpaired) electrons. The fourth-order valence-corrected chi connectivity index (χ4v) is 3.43. The highest BCUT2D eigenvalue weighted by atomic mass is 16.5. The highest BCUT2D eigenvalue weighted by Gasteiger charge is 2.25. The van der Waals surface area contributed by atoms with Gasteiger partial charge in [0.05, 0.1) is 31.0 Å². The van der Waals surface area contributed by atoms with Crippen molar-refractivity contribution in [3.63, 3.8) is 0 Å². The fraction of sp³-hybridized carbons (Fsp3) is 0.350. The number of nitrogens with zero attached hydrogens (tertiary/aromatic N) is 4.